The molecule has 3 aliphatic rings. The fourth-order valence-electron chi connectivity index (χ4n) is 5.82. The Balaban J connectivity index is 1.23. The number of carbonyl (C=O) groups is 6. The molecule has 2 saturated heterocycles. The highest BCUT2D eigenvalue weighted by Gasteiger charge is 2.38. The Hall–Kier alpha value is -4.50. The molecule has 14 nitrogen and oxygen atoms in total. The molecule has 0 spiro atoms. The van der Waals surface area contributed by atoms with Gasteiger partial charge in [0.2, 0.25) is 23.6 Å². The van der Waals surface area contributed by atoms with Gasteiger partial charge in [0.15, 0.2) is 11.6 Å². The number of amides is 4. The molecular weight excluding hydrogens is 592 g/mol. The van der Waals surface area contributed by atoms with Gasteiger partial charge in [0.05, 0.1) is 11.1 Å². The van der Waals surface area contributed by atoms with Gasteiger partial charge in [-0.3, -0.25) is 28.8 Å². The molecule has 244 valence electrons. The van der Waals surface area contributed by atoms with E-state index in [-0.39, 0.29) is 33.6 Å². The van der Waals surface area contributed by atoms with Gasteiger partial charge in [-0.05, 0) is 102 Å². The minimum Gasteiger partial charge on any atom is -0.343 e. The second-order valence-corrected chi connectivity index (χ2v) is 12.4. The van der Waals surface area contributed by atoms with E-state index >= 15 is 0 Å². The number of carbonyl (C=O) groups excluding carboxylic acids is 6. The lowest BCUT2D eigenvalue weighted by atomic mass is 9.83. The van der Waals surface area contributed by atoms with E-state index < -0.39 is 58.4 Å². The summed E-state index contributed by atoms with van der Waals surface area (Å²) in [6, 6.07) is 6.96. The molecule has 2 aromatic rings. The number of benzene rings is 2. The van der Waals surface area contributed by atoms with Crippen molar-refractivity contribution in [3.63, 3.8) is 0 Å². The zero-order valence-electron chi connectivity index (χ0n) is 25.9. The number of anilines is 2. The average molecular weight is 633 g/mol. The van der Waals surface area contributed by atoms with Crippen molar-refractivity contribution in [3.05, 3.63) is 58.7 Å². The highest BCUT2D eigenvalue weighted by Crippen LogP contribution is 2.31. The Bertz CT molecular complexity index is 1480. The standard InChI is InChI=1S/C32H40N8O6/c1-17(37-29(45)31(33)7-11-35-12-8-31)27(43)39-19-3-5-21-23(15-19)25(41)22-6-4-20(16-24(22)26(21)42)40-28(44)18(2)38-30(46)32(34)9-13-36-14-10-32/h3-6,15-18,35-36H,7-14,33-34H2,1-2H3,(H,37,45)(H,38,46)(H,39,43)(H,40,44)/t17-,18-/m0/s1. The van der Waals surface area contributed by atoms with Gasteiger partial charge in [-0.25, -0.2) is 0 Å². The Labute approximate surface area is 266 Å². The molecular formula is C32H40N8O6. The van der Waals surface area contributed by atoms with Crippen LogP contribution >= 0.6 is 0 Å². The third-order valence-corrected chi connectivity index (χ3v) is 8.93. The summed E-state index contributed by atoms with van der Waals surface area (Å²) in [5, 5.41) is 17.0. The monoisotopic (exact) mass is 632 g/mol. The molecule has 0 saturated carbocycles. The van der Waals surface area contributed by atoms with Crippen LogP contribution in [0.25, 0.3) is 0 Å². The summed E-state index contributed by atoms with van der Waals surface area (Å²) < 4.78 is 0. The van der Waals surface area contributed by atoms with E-state index in [0.29, 0.717) is 51.9 Å². The van der Waals surface area contributed by atoms with Gasteiger partial charge in [-0.2, -0.15) is 0 Å². The minimum atomic E-state index is -1.05. The minimum absolute atomic E-state index is 0.115. The molecule has 2 heterocycles. The second-order valence-electron chi connectivity index (χ2n) is 12.4. The highest BCUT2D eigenvalue weighted by atomic mass is 16.2. The van der Waals surface area contributed by atoms with Gasteiger partial charge in [0.25, 0.3) is 0 Å². The Kier molecular flexibility index (Phi) is 9.35. The molecule has 1 aliphatic carbocycles. The van der Waals surface area contributed by atoms with Crippen LogP contribution in [0.1, 0.15) is 71.4 Å². The SMILES string of the molecule is C[C@H](NC(=O)C1(N)CCNCC1)C(=O)Nc1ccc2c(c1)C(=O)c1ccc(NC(=O)[C@H](C)NC(=O)C3(N)CCNCC3)cc1C2=O. The average Bonchev–Trinajstić information content (AvgIpc) is 3.04. The Morgan fingerprint density at radius 3 is 1.33 bits per heavy atom. The zero-order chi connectivity index (χ0) is 33.2. The first-order valence-electron chi connectivity index (χ1n) is 15.4. The van der Waals surface area contributed by atoms with Crippen LogP contribution in [0.2, 0.25) is 0 Å². The number of hydrogen-bond acceptors (Lipinski definition) is 10. The Morgan fingerprint density at radius 1 is 0.630 bits per heavy atom. The quantitative estimate of drug-likeness (QED) is 0.159. The van der Waals surface area contributed by atoms with Gasteiger partial charge in [0, 0.05) is 33.6 Å². The molecule has 5 rings (SSSR count). The molecule has 2 atom stereocenters. The molecule has 0 bridgehead atoms. The van der Waals surface area contributed by atoms with Crippen molar-refractivity contribution in [2.45, 2.75) is 62.7 Å². The Morgan fingerprint density at radius 2 is 0.978 bits per heavy atom. The second kappa shape index (κ2) is 13.1. The molecule has 2 fully saturated rings. The van der Waals surface area contributed by atoms with Crippen LogP contribution in [-0.2, 0) is 19.2 Å². The molecule has 2 aromatic carbocycles. The summed E-state index contributed by atoms with van der Waals surface area (Å²) in [7, 11) is 0. The van der Waals surface area contributed by atoms with Crippen LogP contribution in [0.5, 0.6) is 0 Å². The van der Waals surface area contributed by atoms with Gasteiger partial charge in [-0.1, -0.05) is 0 Å². The van der Waals surface area contributed by atoms with E-state index in [1.165, 1.54) is 50.2 Å². The first kappa shape index (κ1) is 32.9. The molecule has 2 aliphatic heterocycles. The third-order valence-electron chi connectivity index (χ3n) is 8.93. The highest BCUT2D eigenvalue weighted by molar-refractivity contribution is 6.29. The summed E-state index contributed by atoms with van der Waals surface area (Å²) in [5.74, 6) is -2.68. The van der Waals surface area contributed by atoms with Crippen molar-refractivity contribution in [2.24, 2.45) is 11.5 Å². The maximum Gasteiger partial charge on any atom is 0.246 e. The smallest absolute Gasteiger partial charge is 0.246 e. The van der Waals surface area contributed by atoms with Crippen molar-refractivity contribution in [1.29, 1.82) is 0 Å². The largest absolute Gasteiger partial charge is 0.343 e. The van der Waals surface area contributed by atoms with E-state index in [4.69, 9.17) is 11.5 Å². The number of nitrogens with one attached hydrogen (secondary N) is 6. The van der Waals surface area contributed by atoms with Crippen LogP contribution in [0.15, 0.2) is 36.4 Å². The lowest BCUT2D eigenvalue weighted by molar-refractivity contribution is -0.130. The predicted molar refractivity (Wildman–Crippen MR) is 170 cm³/mol. The van der Waals surface area contributed by atoms with Crippen molar-refractivity contribution in [1.82, 2.24) is 21.3 Å². The topological polar surface area (TPSA) is 227 Å². The lowest BCUT2D eigenvalue weighted by Gasteiger charge is -2.33. The summed E-state index contributed by atoms with van der Waals surface area (Å²) in [4.78, 5) is 78.1. The molecule has 10 N–H and O–H groups in total. The van der Waals surface area contributed by atoms with E-state index in [9.17, 15) is 28.8 Å². The van der Waals surface area contributed by atoms with Crippen molar-refractivity contribution < 1.29 is 28.8 Å². The maximum atomic E-state index is 13.4. The van der Waals surface area contributed by atoms with Gasteiger partial charge in [0.1, 0.15) is 12.1 Å². The maximum absolute atomic E-state index is 13.4. The molecule has 46 heavy (non-hydrogen) atoms. The molecule has 14 heteroatoms. The molecule has 0 unspecified atom stereocenters. The fraction of sp³-hybridized carbons (Fsp3) is 0.438. The fourth-order valence-corrected chi connectivity index (χ4v) is 5.82. The predicted octanol–water partition coefficient (Wildman–Crippen LogP) is -0.490. The van der Waals surface area contributed by atoms with Crippen LogP contribution < -0.4 is 43.4 Å². The number of fused-ring (bicyclic) bond motifs is 2. The van der Waals surface area contributed by atoms with E-state index in [2.05, 4.69) is 31.9 Å². The lowest BCUT2D eigenvalue weighted by Crippen LogP contribution is -2.61. The van der Waals surface area contributed by atoms with Crippen LogP contribution in [-0.4, -0.2) is 84.5 Å². The summed E-state index contributed by atoms with van der Waals surface area (Å²) in [5.41, 5.74) is 11.5. The van der Waals surface area contributed by atoms with Crippen molar-refractivity contribution in [3.8, 4) is 0 Å². The van der Waals surface area contributed by atoms with Crippen LogP contribution in [0, 0.1) is 0 Å². The van der Waals surface area contributed by atoms with Crippen molar-refractivity contribution in [2.75, 3.05) is 36.8 Å². The van der Waals surface area contributed by atoms with Gasteiger partial charge < -0.3 is 43.4 Å². The van der Waals surface area contributed by atoms with Crippen LogP contribution in [0.3, 0.4) is 0 Å². The number of piperidine rings is 2. The number of nitrogens with two attached hydrogens (primary N) is 2. The molecule has 0 aromatic heterocycles. The van der Waals surface area contributed by atoms with E-state index in [1.54, 1.807) is 0 Å². The zero-order valence-corrected chi connectivity index (χ0v) is 25.9. The first-order valence-corrected chi connectivity index (χ1v) is 15.4. The van der Waals surface area contributed by atoms with Crippen molar-refractivity contribution >= 4 is 46.6 Å². The summed E-state index contributed by atoms with van der Waals surface area (Å²) >= 11 is 0. The molecule has 4 amide bonds. The summed E-state index contributed by atoms with van der Waals surface area (Å²) in [6.45, 7) is 5.51. The normalized spacial score (nSPS) is 19.5. The third kappa shape index (κ3) is 6.70. The van der Waals surface area contributed by atoms with Crippen LogP contribution in [0.4, 0.5) is 11.4 Å². The van der Waals surface area contributed by atoms with Gasteiger partial charge in [-0.15, -0.1) is 0 Å². The molecule has 0 radical (unpaired) electrons. The number of hydrogen-bond donors (Lipinski definition) is 8. The van der Waals surface area contributed by atoms with E-state index in [1.807, 2.05) is 0 Å². The summed E-state index contributed by atoms with van der Waals surface area (Å²) in [6.07, 6.45) is 1.81. The number of rotatable bonds is 8. The van der Waals surface area contributed by atoms with Gasteiger partial charge >= 0.3 is 0 Å². The van der Waals surface area contributed by atoms with E-state index in [0.717, 1.165) is 0 Å². The first-order chi connectivity index (χ1) is 21.8. The number of ketones is 2.